The number of carbonyl (C=O) groups excluding carboxylic acids is 1. The molecule has 0 aromatic heterocycles. The molecule has 0 aliphatic carbocycles. The van der Waals surface area contributed by atoms with Crippen LogP contribution in [0.25, 0.3) is 0 Å². The number of benzene rings is 1. The minimum absolute atomic E-state index is 0.142. The summed E-state index contributed by atoms with van der Waals surface area (Å²) in [5, 5.41) is -0.469. The van der Waals surface area contributed by atoms with E-state index in [0.717, 1.165) is 13.0 Å². The maximum atomic E-state index is 12.1. The molecule has 0 fully saturated rings. The van der Waals surface area contributed by atoms with Gasteiger partial charge in [-0.1, -0.05) is 23.2 Å². The summed E-state index contributed by atoms with van der Waals surface area (Å²) in [4.78, 5) is 11.1. The fourth-order valence-electron chi connectivity index (χ4n) is 1.08. The number of halogens is 5. The van der Waals surface area contributed by atoms with Gasteiger partial charge >= 0.3 is 6.36 Å². The highest BCUT2D eigenvalue weighted by Crippen LogP contribution is 2.37. The molecule has 1 aromatic rings. The minimum Gasteiger partial charge on any atom is -0.403 e. The van der Waals surface area contributed by atoms with Crippen molar-refractivity contribution in [2.75, 3.05) is 0 Å². The van der Waals surface area contributed by atoms with Crippen LogP contribution in [0.1, 0.15) is 17.3 Å². The quantitative estimate of drug-likeness (QED) is 0.758. The summed E-state index contributed by atoms with van der Waals surface area (Å²) in [6.45, 7) is 1.07. The van der Waals surface area contributed by atoms with Crippen LogP contribution in [0.3, 0.4) is 0 Å². The van der Waals surface area contributed by atoms with Crippen LogP contribution in [0, 0.1) is 0 Å². The molecule has 0 amide bonds. The maximum absolute atomic E-state index is 12.1. The highest BCUT2D eigenvalue weighted by atomic mass is 35.5. The van der Waals surface area contributed by atoms with Gasteiger partial charge in [-0.25, -0.2) is 0 Å². The second-order valence-electron chi connectivity index (χ2n) is 2.84. The molecular formula is C9H5Cl2F3O2. The second kappa shape index (κ2) is 4.51. The molecule has 16 heavy (non-hydrogen) atoms. The summed E-state index contributed by atoms with van der Waals surface area (Å²) in [6, 6.07) is 2.35. The van der Waals surface area contributed by atoms with E-state index < -0.39 is 17.9 Å². The summed E-state index contributed by atoms with van der Waals surface area (Å²) in [6.07, 6.45) is -4.93. The maximum Gasteiger partial charge on any atom is 0.573 e. The molecule has 0 unspecified atom stereocenters. The van der Waals surface area contributed by atoms with Gasteiger partial charge in [0.2, 0.25) is 0 Å². The summed E-state index contributed by atoms with van der Waals surface area (Å²) in [5.74, 6) is -1.43. The lowest BCUT2D eigenvalue weighted by Gasteiger charge is -2.14. The predicted octanol–water partition coefficient (Wildman–Crippen LogP) is 4.09. The van der Waals surface area contributed by atoms with Crippen LogP contribution in [-0.2, 0) is 0 Å². The van der Waals surface area contributed by atoms with E-state index in [1.54, 1.807) is 0 Å². The zero-order chi connectivity index (χ0) is 12.5. The van der Waals surface area contributed by atoms with Gasteiger partial charge in [0.15, 0.2) is 11.5 Å². The molecule has 0 saturated heterocycles. The molecule has 0 radical (unpaired) electrons. The van der Waals surface area contributed by atoms with E-state index in [9.17, 15) is 18.0 Å². The van der Waals surface area contributed by atoms with Gasteiger partial charge in [-0.2, -0.15) is 0 Å². The topological polar surface area (TPSA) is 26.3 Å². The van der Waals surface area contributed by atoms with Crippen LogP contribution in [0.2, 0.25) is 10.0 Å². The van der Waals surface area contributed by atoms with Crippen LogP contribution >= 0.6 is 23.2 Å². The van der Waals surface area contributed by atoms with Crippen LogP contribution in [0.4, 0.5) is 13.2 Å². The highest BCUT2D eigenvalue weighted by molar-refractivity contribution is 6.37. The van der Waals surface area contributed by atoms with Crippen LogP contribution < -0.4 is 4.74 Å². The average molecular weight is 273 g/mol. The lowest BCUT2D eigenvalue weighted by molar-refractivity contribution is -0.274. The Labute approximate surface area is 98.9 Å². The van der Waals surface area contributed by atoms with Gasteiger partial charge in [0.25, 0.3) is 0 Å². The number of alkyl halides is 3. The van der Waals surface area contributed by atoms with Gasteiger partial charge in [0.1, 0.15) is 0 Å². The highest BCUT2D eigenvalue weighted by Gasteiger charge is 2.34. The summed E-state index contributed by atoms with van der Waals surface area (Å²) >= 11 is 11.1. The Kier molecular flexibility index (Phi) is 3.70. The van der Waals surface area contributed by atoms with Crippen molar-refractivity contribution < 1.29 is 22.7 Å². The largest absolute Gasteiger partial charge is 0.573 e. The fraction of sp³-hybridized carbons (Fsp3) is 0.222. The van der Waals surface area contributed by atoms with E-state index in [4.69, 9.17) is 23.2 Å². The molecule has 0 saturated carbocycles. The fourth-order valence-corrected chi connectivity index (χ4v) is 1.55. The van der Waals surface area contributed by atoms with Crippen molar-refractivity contribution in [2.45, 2.75) is 13.3 Å². The first kappa shape index (κ1) is 13.1. The van der Waals surface area contributed by atoms with Crippen LogP contribution in [0.15, 0.2) is 12.1 Å². The van der Waals surface area contributed by atoms with Crippen molar-refractivity contribution in [3.63, 3.8) is 0 Å². The van der Waals surface area contributed by atoms with Crippen molar-refractivity contribution in [3.8, 4) is 5.75 Å². The molecule has 1 rings (SSSR count). The van der Waals surface area contributed by atoms with Crippen molar-refractivity contribution >= 4 is 29.0 Å². The first-order valence-corrected chi connectivity index (χ1v) is 4.72. The van der Waals surface area contributed by atoms with Crippen molar-refractivity contribution in [2.24, 2.45) is 0 Å². The Morgan fingerprint density at radius 3 is 2.19 bits per heavy atom. The number of carbonyl (C=O) groups is 1. The molecule has 1 aromatic carbocycles. The van der Waals surface area contributed by atoms with E-state index in [2.05, 4.69) is 4.74 Å². The predicted molar refractivity (Wildman–Crippen MR) is 53.1 cm³/mol. The monoisotopic (exact) mass is 272 g/mol. The Bertz CT molecular complexity index is 429. The first-order valence-electron chi connectivity index (χ1n) is 3.97. The van der Waals surface area contributed by atoms with E-state index in [1.165, 1.54) is 6.07 Å². The molecule has 0 aliphatic rings. The van der Waals surface area contributed by atoms with Crippen LogP contribution in [-0.4, -0.2) is 12.1 Å². The van der Waals surface area contributed by atoms with E-state index in [1.807, 2.05) is 0 Å². The summed E-state index contributed by atoms with van der Waals surface area (Å²) in [5.41, 5.74) is -0.383. The van der Waals surface area contributed by atoms with Gasteiger partial charge in [0, 0.05) is 0 Å². The number of ketones is 1. The average Bonchev–Trinajstić information content (AvgIpc) is 2.08. The second-order valence-corrected chi connectivity index (χ2v) is 3.65. The van der Waals surface area contributed by atoms with Crippen molar-refractivity contribution in [3.05, 3.63) is 27.7 Å². The Balaban J connectivity index is 3.35. The first-order chi connectivity index (χ1) is 7.22. The molecule has 2 nitrogen and oxygen atoms in total. The molecule has 88 valence electrons. The summed E-state index contributed by atoms with van der Waals surface area (Å²) < 4.78 is 39.9. The zero-order valence-corrected chi connectivity index (χ0v) is 9.37. The molecule has 0 spiro atoms. The number of hydrogen-bond donors (Lipinski definition) is 0. The van der Waals surface area contributed by atoms with Gasteiger partial charge in [-0.3, -0.25) is 4.79 Å². The van der Waals surface area contributed by atoms with Gasteiger partial charge < -0.3 is 4.74 Å². The number of ether oxygens (including phenoxy) is 1. The standard InChI is InChI=1S/C9H5Cl2F3O2/c1-4(15)7-5(10)2-3-6(11)8(7)16-9(12,13)14/h2-3H,1H3. The number of Topliss-reactive ketones (excluding diaryl/α,β-unsaturated/α-hetero) is 1. The van der Waals surface area contributed by atoms with Gasteiger partial charge in [0.05, 0.1) is 15.6 Å². The third kappa shape index (κ3) is 3.02. The molecular weight excluding hydrogens is 268 g/mol. The van der Waals surface area contributed by atoms with E-state index in [-0.39, 0.29) is 15.6 Å². The Morgan fingerprint density at radius 1 is 1.25 bits per heavy atom. The number of hydrogen-bond acceptors (Lipinski definition) is 2. The molecule has 0 atom stereocenters. The molecule has 0 aliphatic heterocycles. The Morgan fingerprint density at radius 2 is 1.75 bits per heavy atom. The minimum atomic E-state index is -4.93. The van der Waals surface area contributed by atoms with Crippen molar-refractivity contribution in [1.82, 2.24) is 0 Å². The smallest absolute Gasteiger partial charge is 0.403 e. The van der Waals surface area contributed by atoms with E-state index >= 15 is 0 Å². The SMILES string of the molecule is CC(=O)c1c(Cl)ccc(Cl)c1OC(F)(F)F. The number of rotatable bonds is 2. The molecule has 0 N–H and O–H groups in total. The third-order valence-electron chi connectivity index (χ3n) is 1.63. The Hall–Kier alpha value is -0.940. The van der Waals surface area contributed by atoms with Gasteiger partial charge in [-0.15, -0.1) is 13.2 Å². The van der Waals surface area contributed by atoms with Crippen molar-refractivity contribution in [1.29, 1.82) is 0 Å². The summed E-state index contributed by atoms with van der Waals surface area (Å²) in [7, 11) is 0. The van der Waals surface area contributed by atoms with Crippen LogP contribution in [0.5, 0.6) is 5.75 Å². The zero-order valence-electron chi connectivity index (χ0n) is 7.86. The normalized spacial score (nSPS) is 11.4. The lowest BCUT2D eigenvalue weighted by atomic mass is 10.1. The molecule has 0 bridgehead atoms. The lowest BCUT2D eigenvalue weighted by Crippen LogP contribution is -2.19. The molecule has 7 heteroatoms. The molecule has 0 heterocycles. The van der Waals surface area contributed by atoms with Gasteiger partial charge in [-0.05, 0) is 19.1 Å². The third-order valence-corrected chi connectivity index (χ3v) is 2.24. The van der Waals surface area contributed by atoms with E-state index in [0.29, 0.717) is 0 Å².